The van der Waals surface area contributed by atoms with Gasteiger partial charge < -0.3 is 15.7 Å². The zero-order valence-corrected chi connectivity index (χ0v) is 11.7. The highest BCUT2D eigenvalue weighted by atomic mass is 16.3. The molecular weight excluding hydrogens is 228 g/mol. The van der Waals surface area contributed by atoms with Crippen LogP contribution in [0.5, 0.6) is 0 Å². The highest BCUT2D eigenvalue weighted by molar-refractivity contribution is 5.81. The number of carbonyl (C=O) groups is 1. The van der Waals surface area contributed by atoms with Gasteiger partial charge in [0.1, 0.15) is 0 Å². The van der Waals surface area contributed by atoms with Crippen molar-refractivity contribution >= 4 is 5.91 Å². The molecule has 0 heterocycles. The molecule has 0 aliphatic heterocycles. The quantitative estimate of drug-likeness (QED) is 0.706. The topological polar surface area (TPSA) is 61.4 Å². The highest BCUT2D eigenvalue weighted by Crippen LogP contribution is 2.40. The standard InChI is InChI=1S/C14H26N2O2/c1-9(13(18)16-10-6-4-5-7-10)15-11-8-12(17)14(11,2)3/h9-12,15,17H,4-8H2,1-3H3,(H,16,18). The minimum absolute atomic E-state index is 0.0964. The molecule has 0 aromatic rings. The molecule has 0 saturated heterocycles. The molecule has 104 valence electrons. The van der Waals surface area contributed by atoms with Crippen molar-refractivity contribution in [2.75, 3.05) is 0 Å². The van der Waals surface area contributed by atoms with Crippen LogP contribution in [0.25, 0.3) is 0 Å². The Morgan fingerprint density at radius 1 is 1.33 bits per heavy atom. The van der Waals surface area contributed by atoms with E-state index in [9.17, 15) is 9.90 Å². The van der Waals surface area contributed by atoms with Gasteiger partial charge in [0.15, 0.2) is 0 Å². The summed E-state index contributed by atoms with van der Waals surface area (Å²) in [5, 5.41) is 16.1. The number of aliphatic hydroxyl groups is 1. The third kappa shape index (κ3) is 2.69. The number of hydrogen-bond donors (Lipinski definition) is 3. The van der Waals surface area contributed by atoms with E-state index in [0.717, 1.165) is 19.3 Å². The number of rotatable bonds is 4. The monoisotopic (exact) mass is 254 g/mol. The molecule has 3 unspecified atom stereocenters. The van der Waals surface area contributed by atoms with Gasteiger partial charge in [-0.15, -0.1) is 0 Å². The number of carbonyl (C=O) groups excluding carboxylic acids is 1. The summed E-state index contributed by atoms with van der Waals surface area (Å²) >= 11 is 0. The van der Waals surface area contributed by atoms with E-state index in [1.54, 1.807) is 0 Å². The van der Waals surface area contributed by atoms with Crippen LogP contribution in [0.3, 0.4) is 0 Å². The van der Waals surface area contributed by atoms with Crippen LogP contribution in [0, 0.1) is 5.41 Å². The Balaban J connectivity index is 1.77. The third-order valence-electron chi connectivity index (χ3n) is 4.76. The van der Waals surface area contributed by atoms with Crippen molar-refractivity contribution in [2.45, 2.75) is 77.1 Å². The Bertz CT molecular complexity index is 311. The molecule has 2 saturated carbocycles. The molecule has 2 aliphatic carbocycles. The van der Waals surface area contributed by atoms with E-state index in [-0.39, 0.29) is 29.5 Å². The van der Waals surface area contributed by atoms with Crippen LogP contribution in [0.1, 0.15) is 52.9 Å². The van der Waals surface area contributed by atoms with E-state index in [1.807, 2.05) is 20.8 Å². The molecule has 1 amide bonds. The Hall–Kier alpha value is -0.610. The molecule has 2 rings (SSSR count). The molecular formula is C14H26N2O2. The van der Waals surface area contributed by atoms with Crippen LogP contribution < -0.4 is 10.6 Å². The number of hydrogen-bond acceptors (Lipinski definition) is 3. The van der Waals surface area contributed by atoms with Gasteiger partial charge in [-0.3, -0.25) is 4.79 Å². The molecule has 3 atom stereocenters. The lowest BCUT2D eigenvalue weighted by molar-refractivity contribution is -0.126. The van der Waals surface area contributed by atoms with Crippen LogP contribution in [0.4, 0.5) is 0 Å². The summed E-state index contributed by atoms with van der Waals surface area (Å²) in [5.41, 5.74) is -0.123. The fourth-order valence-electron chi connectivity index (χ4n) is 2.96. The van der Waals surface area contributed by atoms with Crippen LogP contribution in [0.2, 0.25) is 0 Å². The summed E-state index contributed by atoms with van der Waals surface area (Å²) in [6, 6.07) is 0.431. The Morgan fingerprint density at radius 2 is 1.94 bits per heavy atom. The number of nitrogens with one attached hydrogen (secondary N) is 2. The van der Waals surface area contributed by atoms with Crippen LogP contribution in [-0.2, 0) is 4.79 Å². The summed E-state index contributed by atoms with van der Waals surface area (Å²) in [4.78, 5) is 12.0. The van der Waals surface area contributed by atoms with E-state index in [0.29, 0.717) is 6.04 Å². The molecule has 2 aliphatic rings. The lowest BCUT2D eigenvalue weighted by atomic mass is 9.64. The molecule has 0 aromatic carbocycles. The fourth-order valence-corrected chi connectivity index (χ4v) is 2.96. The van der Waals surface area contributed by atoms with Crippen molar-refractivity contribution in [1.29, 1.82) is 0 Å². The molecule has 4 heteroatoms. The van der Waals surface area contributed by atoms with Gasteiger partial charge in [-0.2, -0.15) is 0 Å². The van der Waals surface area contributed by atoms with Gasteiger partial charge in [-0.1, -0.05) is 26.7 Å². The summed E-state index contributed by atoms with van der Waals surface area (Å²) in [6.45, 7) is 5.99. The van der Waals surface area contributed by atoms with Gasteiger partial charge >= 0.3 is 0 Å². The summed E-state index contributed by atoms with van der Waals surface area (Å²) in [6.07, 6.45) is 5.19. The summed E-state index contributed by atoms with van der Waals surface area (Å²) in [7, 11) is 0. The Morgan fingerprint density at radius 3 is 2.44 bits per heavy atom. The van der Waals surface area contributed by atoms with Crippen molar-refractivity contribution in [2.24, 2.45) is 5.41 Å². The van der Waals surface area contributed by atoms with Gasteiger partial charge in [0.2, 0.25) is 5.91 Å². The average Bonchev–Trinajstić information content (AvgIpc) is 2.81. The Kier molecular flexibility index (Phi) is 3.97. The molecule has 0 bridgehead atoms. The first-order chi connectivity index (χ1) is 8.41. The second-order valence-electron chi connectivity index (χ2n) is 6.50. The number of amides is 1. The van der Waals surface area contributed by atoms with Crippen LogP contribution in [-0.4, -0.2) is 35.2 Å². The predicted molar refractivity (Wildman–Crippen MR) is 71.2 cm³/mol. The lowest BCUT2D eigenvalue weighted by Crippen LogP contribution is -2.63. The molecule has 3 N–H and O–H groups in total. The maximum Gasteiger partial charge on any atom is 0.237 e. The minimum atomic E-state index is -0.250. The summed E-state index contributed by atoms with van der Waals surface area (Å²) in [5.74, 6) is 0.0964. The maximum atomic E-state index is 12.0. The first-order valence-electron chi connectivity index (χ1n) is 7.15. The lowest BCUT2D eigenvalue weighted by Gasteiger charge is -2.50. The van der Waals surface area contributed by atoms with Crippen LogP contribution in [0.15, 0.2) is 0 Å². The Labute approximate surface area is 110 Å². The first kappa shape index (κ1) is 13.8. The SMILES string of the molecule is CC(NC1CC(O)C1(C)C)C(=O)NC1CCCC1. The smallest absolute Gasteiger partial charge is 0.237 e. The molecule has 0 aromatic heterocycles. The van der Waals surface area contributed by atoms with E-state index >= 15 is 0 Å². The van der Waals surface area contributed by atoms with Crippen LogP contribution >= 0.6 is 0 Å². The second kappa shape index (κ2) is 5.17. The number of aliphatic hydroxyl groups excluding tert-OH is 1. The molecule has 0 radical (unpaired) electrons. The highest BCUT2D eigenvalue weighted by Gasteiger charge is 2.47. The maximum absolute atomic E-state index is 12.0. The first-order valence-corrected chi connectivity index (χ1v) is 7.15. The fraction of sp³-hybridized carbons (Fsp3) is 0.929. The summed E-state index contributed by atoms with van der Waals surface area (Å²) < 4.78 is 0. The third-order valence-corrected chi connectivity index (χ3v) is 4.76. The largest absolute Gasteiger partial charge is 0.392 e. The van der Waals surface area contributed by atoms with E-state index in [1.165, 1.54) is 12.8 Å². The van der Waals surface area contributed by atoms with Crippen molar-refractivity contribution in [3.63, 3.8) is 0 Å². The molecule has 0 spiro atoms. The zero-order chi connectivity index (χ0) is 13.3. The molecule has 2 fully saturated rings. The van der Waals surface area contributed by atoms with E-state index < -0.39 is 0 Å². The van der Waals surface area contributed by atoms with Gasteiger partial charge in [0.05, 0.1) is 12.1 Å². The average molecular weight is 254 g/mol. The van der Waals surface area contributed by atoms with Gasteiger partial charge in [-0.25, -0.2) is 0 Å². The second-order valence-corrected chi connectivity index (χ2v) is 6.50. The minimum Gasteiger partial charge on any atom is -0.392 e. The predicted octanol–water partition coefficient (Wildman–Crippen LogP) is 1.18. The van der Waals surface area contributed by atoms with Gasteiger partial charge in [0, 0.05) is 17.5 Å². The zero-order valence-electron chi connectivity index (χ0n) is 11.7. The van der Waals surface area contributed by atoms with Crippen molar-refractivity contribution in [3.8, 4) is 0 Å². The molecule has 18 heavy (non-hydrogen) atoms. The van der Waals surface area contributed by atoms with Gasteiger partial charge in [0.25, 0.3) is 0 Å². The van der Waals surface area contributed by atoms with E-state index in [4.69, 9.17) is 0 Å². The molecule has 4 nitrogen and oxygen atoms in total. The van der Waals surface area contributed by atoms with Gasteiger partial charge in [-0.05, 0) is 26.2 Å². The van der Waals surface area contributed by atoms with Crippen molar-refractivity contribution in [1.82, 2.24) is 10.6 Å². The van der Waals surface area contributed by atoms with E-state index in [2.05, 4.69) is 10.6 Å². The van der Waals surface area contributed by atoms with Crippen molar-refractivity contribution in [3.05, 3.63) is 0 Å². The normalized spacial score (nSPS) is 32.9. The van der Waals surface area contributed by atoms with Crippen molar-refractivity contribution < 1.29 is 9.90 Å².